The topological polar surface area (TPSA) is 41.5 Å². The van der Waals surface area contributed by atoms with E-state index in [9.17, 15) is 13.9 Å². The van der Waals surface area contributed by atoms with Crippen LogP contribution in [0.3, 0.4) is 0 Å². The maximum atomic E-state index is 14.0. The zero-order valence-corrected chi connectivity index (χ0v) is 12.6. The van der Waals surface area contributed by atoms with Crippen molar-refractivity contribution in [2.45, 2.75) is 57.7 Å². The number of halogens is 2. The van der Waals surface area contributed by atoms with Gasteiger partial charge in [0.25, 0.3) is 0 Å². The second kappa shape index (κ2) is 6.71. The molecule has 2 N–H and O–H groups in total. The van der Waals surface area contributed by atoms with Crippen LogP contribution in [0.2, 0.25) is 0 Å². The Labute approximate surface area is 124 Å². The molecule has 0 saturated heterocycles. The number of rotatable bonds is 6. The number of aliphatic hydroxyl groups is 1. The van der Waals surface area contributed by atoms with E-state index in [1.807, 2.05) is 13.8 Å². The van der Waals surface area contributed by atoms with Gasteiger partial charge < -0.3 is 15.2 Å². The number of benzene rings is 1. The predicted molar refractivity (Wildman–Crippen MR) is 77.2 cm³/mol. The molecule has 2 rings (SSSR count). The monoisotopic (exact) mass is 299 g/mol. The second-order valence-electron chi connectivity index (χ2n) is 6.14. The number of hydrogen-bond donors (Lipinski definition) is 2. The summed E-state index contributed by atoms with van der Waals surface area (Å²) in [5.74, 6) is -1.85. The lowest BCUT2D eigenvalue weighted by Crippen LogP contribution is -2.32. The molecule has 1 saturated carbocycles. The Hall–Kier alpha value is -1.20. The van der Waals surface area contributed by atoms with E-state index in [1.165, 1.54) is 12.1 Å². The summed E-state index contributed by atoms with van der Waals surface area (Å²) in [6.07, 6.45) is 3.08. The highest BCUT2D eigenvalue weighted by atomic mass is 19.1. The average molecular weight is 299 g/mol. The first-order valence-corrected chi connectivity index (χ1v) is 7.46. The first kappa shape index (κ1) is 16.2. The Kier molecular flexibility index (Phi) is 5.17. The van der Waals surface area contributed by atoms with Crippen LogP contribution in [0.15, 0.2) is 12.1 Å². The molecule has 0 atom stereocenters. The summed E-state index contributed by atoms with van der Waals surface area (Å²) < 4.78 is 33.1. The van der Waals surface area contributed by atoms with Gasteiger partial charge in [-0.15, -0.1) is 0 Å². The fourth-order valence-electron chi connectivity index (χ4n) is 2.56. The fraction of sp³-hybridized carbons (Fsp3) is 0.625. The molecule has 118 valence electrons. The molecule has 0 spiro atoms. The maximum absolute atomic E-state index is 14.0. The smallest absolute Gasteiger partial charge is 0.190 e. The third-order valence-corrected chi connectivity index (χ3v) is 3.79. The van der Waals surface area contributed by atoms with Crippen molar-refractivity contribution in [2.75, 3.05) is 6.61 Å². The highest BCUT2D eigenvalue weighted by Gasteiger charge is 2.32. The molecule has 0 radical (unpaired) electrons. The molecule has 1 aromatic carbocycles. The lowest BCUT2D eigenvalue weighted by molar-refractivity contribution is -0.000845. The molecule has 1 aliphatic rings. The van der Waals surface area contributed by atoms with Gasteiger partial charge in [-0.3, -0.25) is 0 Å². The molecule has 0 aliphatic heterocycles. The number of nitrogens with one attached hydrogen (secondary N) is 1. The molecule has 21 heavy (non-hydrogen) atoms. The van der Waals surface area contributed by atoms with Gasteiger partial charge in [-0.1, -0.05) is 26.7 Å². The second-order valence-corrected chi connectivity index (χ2v) is 6.14. The Morgan fingerprint density at radius 2 is 1.81 bits per heavy atom. The summed E-state index contributed by atoms with van der Waals surface area (Å²) in [4.78, 5) is 0. The minimum Gasteiger partial charge on any atom is -0.485 e. The van der Waals surface area contributed by atoms with Crippen molar-refractivity contribution in [3.63, 3.8) is 0 Å². The van der Waals surface area contributed by atoms with E-state index >= 15 is 0 Å². The molecular weight excluding hydrogens is 276 g/mol. The Bertz CT molecular complexity index is 462. The highest BCUT2D eigenvalue weighted by molar-refractivity contribution is 5.31. The standard InChI is InChI=1S/C16H23F2NO2/c1-11(2)19-9-12-7-13(17)15(14(18)8-12)21-10-16(20)5-3-4-6-16/h7-8,11,19-20H,3-6,9-10H2,1-2H3. The summed E-state index contributed by atoms with van der Waals surface area (Å²) in [7, 11) is 0. The third kappa shape index (κ3) is 4.38. The van der Waals surface area contributed by atoms with Gasteiger partial charge in [-0.25, -0.2) is 8.78 Å². The normalized spacial score (nSPS) is 17.4. The SMILES string of the molecule is CC(C)NCc1cc(F)c(OCC2(O)CCCC2)c(F)c1. The van der Waals surface area contributed by atoms with Crippen LogP contribution in [0.4, 0.5) is 8.78 Å². The van der Waals surface area contributed by atoms with Crippen LogP contribution in [0, 0.1) is 11.6 Å². The van der Waals surface area contributed by atoms with Crippen molar-refractivity contribution in [2.24, 2.45) is 0 Å². The van der Waals surface area contributed by atoms with Crippen LogP contribution in [0.1, 0.15) is 45.1 Å². The van der Waals surface area contributed by atoms with Crippen LogP contribution in [-0.2, 0) is 6.54 Å². The van der Waals surface area contributed by atoms with Crippen molar-refractivity contribution < 1.29 is 18.6 Å². The first-order valence-electron chi connectivity index (χ1n) is 7.46. The van der Waals surface area contributed by atoms with E-state index in [1.54, 1.807) is 0 Å². The van der Waals surface area contributed by atoms with E-state index in [0.29, 0.717) is 24.9 Å². The van der Waals surface area contributed by atoms with Gasteiger partial charge in [0, 0.05) is 12.6 Å². The molecule has 5 heteroatoms. The molecule has 0 bridgehead atoms. The molecular formula is C16H23F2NO2. The van der Waals surface area contributed by atoms with Gasteiger partial charge in [-0.05, 0) is 30.5 Å². The molecule has 3 nitrogen and oxygen atoms in total. The summed E-state index contributed by atoms with van der Waals surface area (Å²) in [6.45, 7) is 4.26. The lowest BCUT2D eigenvalue weighted by Gasteiger charge is -2.22. The van der Waals surface area contributed by atoms with E-state index in [2.05, 4.69) is 5.32 Å². The van der Waals surface area contributed by atoms with Gasteiger partial charge in [0.2, 0.25) is 0 Å². The largest absolute Gasteiger partial charge is 0.485 e. The van der Waals surface area contributed by atoms with Crippen LogP contribution in [0.25, 0.3) is 0 Å². The van der Waals surface area contributed by atoms with Crippen molar-refractivity contribution in [1.29, 1.82) is 0 Å². The molecule has 0 amide bonds. The summed E-state index contributed by atoms with van der Waals surface area (Å²) in [5, 5.41) is 13.3. The van der Waals surface area contributed by atoms with Crippen molar-refractivity contribution >= 4 is 0 Å². The summed E-state index contributed by atoms with van der Waals surface area (Å²) in [6, 6.07) is 2.78. The van der Waals surface area contributed by atoms with Crippen LogP contribution in [-0.4, -0.2) is 23.4 Å². The summed E-state index contributed by atoms with van der Waals surface area (Å²) >= 11 is 0. The van der Waals surface area contributed by atoms with Crippen molar-refractivity contribution in [3.8, 4) is 5.75 Å². The average Bonchev–Trinajstić information content (AvgIpc) is 2.82. The molecule has 0 aromatic heterocycles. The van der Waals surface area contributed by atoms with Gasteiger partial charge >= 0.3 is 0 Å². The van der Waals surface area contributed by atoms with Crippen LogP contribution >= 0.6 is 0 Å². The van der Waals surface area contributed by atoms with E-state index in [4.69, 9.17) is 4.74 Å². The first-order chi connectivity index (χ1) is 9.89. The molecule has 0 unspecified atom stereocenters. The van der Waals surface area contributed by atoms with Gasteiger partial charge in [0.15, 0.2) is 17.4 Å². The van der Waals surface area contributed by atoms with Crippen LogP contribution in [0.5, 0.6) is 5.75 Å². The lowest BCUT2D eigenvalue weighted by atomic mass is 10.0. The Morgan fingerprint density at radius 1 is 1.24 bits per heavy atom. The minimum absolute atomic E-state index is 0.0650. The summed E-state index contributed by atoms with van der Waals surface area (Å²) in [5.41, 5.74) is -0.415. The molecule has 1 aliphatic carbocycles. The number of hydrogen-bond acceptors (Lipinski definition) is 3. The van der Waals surface area contributed by atoms with E-state index in [0.717, 1.165) is 12.8 Å². The Morgan fingerprint density at radius 3 is 2.33 bits per heavy atom. The third-order valence-electron chi connectivity index (χ3n) is 3.79. The zero-order chi connectivity index (χ0) is 15.5. The number of ether oxygens (including phenoxy) is 1. The molecule has 1 fully saturated rings. The van der Waals surface area contributed by atoms with E-state index < -0.39 is 23.0 Å². The molecule has 0 heterocycles. The van der Waals surface area contributed by atoms with Crippen molar-refractivity contribution in [3.05, 3.63) is 29.3 Å². The van der Waals surface area contributed by atoms with Gasteiger partial charge in [0.05, 0.1) is 5.60 Å². The minimum atomic E-state index is -0.948. The van der Waals surface area contributed by atoms with Crippen molar-refractivity contribution in [1.82, 2.24) is 5.32 Å². The maximum Gasteiger partial charge on any atom is 0.190 e. The van der Waals surface area contributed by atoms with Crippen LogP contribution < -0.4 is 10.1 Å². The van der Waals surface area contributed by atoms with Gasteiger partial charge in [0.1, 0.15) is 6.61 Å². The Balaban J connectivity index is 2.02. The molecule has 1 aromatic rings. The quantitative estimate of drug-likeness (QED) is 0.848. The van der Waals surface area contributed by atoms with Gasteiger partial charge in [-0.2, -0.15) is 0 Å². The zero-order valence-electron chi connectivity index (χ0n) is 12.6. The predicted octanol–water partition coefficient (Wildman–Crippen LogP) is 3.15. The van der Waals surface area contributed by atoms with E-state index in [-0.39, 0.29) is 12.6 Å². The highest BCUT2D eigenvalue weighted by Crippen LogP contribution is 2.31. The fourth-order valence-corrected chi connectivity index (χ4v) is 2.56.